The van der Waals surface area contributed by atoms with Gasteiger partial charge in [0.15, 0.2) is 0 Å². The lowest BCUT2D eigenvalue weighted by molar-refractivity contribution is 0.295. The lowest BCUT2D eigenvalue weighted by atomic mass is 10.0. The van der Waals surface area contributed by atoms with Gasteiger partial charge in [-0.25, -0.2) is 13.1 Å². The van der Waals surface area contributed by atoms with Gasteiger partial charge in [-0.3, -0.25) is 0 Å². The molecule has 2 atom stereocenters. The molecule has 1 aromatic carbocycles. The van der Waals surface area contributed by atoms with E-state index in [-0.39, 0.29) is 11.8 Å². The molecule has 0 aromatic heterocycles. The summed E-state index contributed by atoms with van der Waals surface area (Å²) in [5.74, 6) is 1.79. The van der Waals surface area contributed by atoms with Crippen LogP contribution < -0.4 is 9.46 Å². The first kappa shape index (κ1) is 15.3. The van der Waals surface area contributed by atoms with Crippen molar-refractivity contribution in [1.29, 1.82) is 0 Å². The minimum atomic E-state index is -3.09. The van der Waals surface area contributed by atoms with Crippen LogP contribution in [0.2, 0.25) is 0 Å². The lowest BCUT2D eigenvalue weighted by Crippen LogP contribution is -2.29. The Morgan fingerprint density at radius 1 is 1.30 bits per heavy atom. The first-order valence-corrected chi connectivity index (χ1v) is 8.79. The fourth-order valence-corrected chi connectivity index (χ4v) is 2.96. The van der Waals surface area contributed by atoms with Crippen molar-refractivity contribution in [2.75, 3.05) is 12.4 Å². The van der Waals surface area contributed by atoms with Gasteiger partial charge in [0.25, 0.3) is 0 Å². The van der Waals surface area contributed by atoms with E-state index < -0.39 is 10.0 Å². The Morgan fingerprint density at radius 3 is 2.50 bits per heavy atom. The van der Waals surface area contributed by atoms with Gasteiger partial charge >= 0.3 is 0 Å². The average molecular weight is 297 g/mol. The van der Waals surface area contributed by atoms with Gasteiger partial charge in [0, 0.05) is 12.0 Å². The molecule has 0 heterocycles. The van der Waals surface area contributed by atoms with Crippen molar-refractivity contribution >= 4 is 10.0 Å². The van der Waals surface area contributed by atoms with Crippen LogP contribution in [0.25, 0.3) is 0 Å². The number of sulfonamides is 1. The summed E-state index contributed by atoms with van der Waals surface area (Å²) in [5.41, 5.74) is 1.29. The van der Waals surface area contributed by atoms with E-state index >= 15 is 0 Å². The summed E-state index contributed by atoms with van der Waals surface area (Å²) >= 11 is 0. The molecule has 1 fully saturated rings. The van der Waals surface area contributed by atoms with Crippen LogP contribution in [-0.2, 0) is 10.0 Å². The molecule has 0 amide bonds. The zero-order valence-electron chi connectivity index (χ0n) is 12.3. The Kier molecular flexibility index (Phi) is 4.70. The van der Waals surface area contributed by atoms with Gasteiger partial charge in [0.05, 0.1) is 12.4 Å². The molecule has 0 aliphatic heterocycles. The highest BCUT2D eigenvalue weighted by Crippen LogP contribution is 2.31. The molecular weight excluding hydrogens is 274 g/mol. The van der Waals surface area contributed by atoms with E-state index in [2.05, 4.69) is 30.7 Å². The van der Waals surface area contributed by atoms with E-state index in [4.69, 9.17) is 4.74 Å². The molecule has 112 valence electrons. The molecule has 1 saturated carbocycles. The van der Waals surface area contributed by atoms with Gasteiger partial charge in [0.2, 0.25) is 10.0 Å². The summed E-state index contributed by atoms with van der Waals surface area (Å²) in [5, 5.41) is 0. The second-order valence-corrected chi connectivity index (χ2v) is 7.70. The minimum absolute atomic E-state index is 0.0508. The first-order chi connectivity index (χ1) is 9.41. The molecule has 20 heavy (non-hydrogen) atoms. The van der Waals surface area contributed by atoms with Crippen molar-refractivity contribution in [3.05, 3.63) is 29.8 Å². The third kappa shape index (κ3) is 4.21. The summed E-state index contributed by atoms with van der Waals surface area (Å²) in [6.45, 7) is 6.53. The molecular formula is C15H23NO3S. The van der Waals surface area contributed by atoms with Crippen molar-refractivity contribution in [3.8, 4) is 5.75 Å². The zero-order valence-corrected chi connectivity index (χ0v) is 13.1. The first-order valence-electron chi connectivity index (χ1n) is 7.14. The Morgan fingerprint density at radius 2 is 1.95 bits per heavy atom. The SMILES string of the molecule is CCS(=O)(=O)N[C@@H]1C[C@H]1COc1ccc(C(C)C)cc1. The highest BCUT2D eigenvalue weighted by Gasteiger charge is 2.40. The second-order valence-electron chi connectivity index (χ2n) is 5.66. The Bertz CT molecular complexity index is 537. The zero-order chi connectivity index (χ0) is 14.8. The van der Waals surface area contributed by atoms with Gasteiger partial charge in [-0.15, -0.1) is 0 Å². The van der Waals surface area contributed by atoms with E-state index in [1.54, 1.807) is 6.92 Å². The topological polar surface area (TPSA) is 55.4 Å². The molecule has 4 nitrogen and oxygen atoms in total. The van der Waals surface area contributed by atoms with Crippen LogP contribution in [-0.4, -0.2) is 26.8 Å². The normalized spacial score (nSPS) is 22.0. The lowest BCUT2D eigenvalue weighted by Gasteiger charge is -2.09. The van der Waals surface area contributed by atoms with Gasteiger partial charge in [-0.1, -0.05) is 26.0 Å². The maximum atomic E-state index is 11.4. The van der Waals surface area contributed by atoms with Gasteiger partial charge in [0.1, 0.15) is 5.75 Å². The Labute approximate surface area is 121 Å². The molecule has 1 aliphatic rings. The number of benzene rings is 1. The van der Waals surface area contributed by atoms with Crippen molar-refractivity contribution < 1.29 is 13.2 Å². The van der Waals surface area contributed by atoms with Crippen LogP contribution in [0.3, 0.4) is 0 Å². The van der Waals surface area contributed by atoms with Gasteiger partial charge < -0.3 is 4.74 Å². The maximum absolute atomic E-state index is 11.4. The maximum Gasteiger partial charge on any atom is 0.211 e. The van der Waals surface area contributed by atoms with Crippen molar-refractivity contribution in [1.82, 2.24) is 4.72 Å². The summed E-state index contributed by atoms with van der Waals surface area (Å²) in [7, 11) is -3.09. The molecule has 1 aromatic rings. The summed E-state index contributed by atoms with van der Waals surface area (Å²) < 4.78 is 31.2. The molecule has 2 rings (SSSR count). The van der Waals surface area contributed by atoms with E-state index in [0.717, 1.165) is 12.2 Å². The molecule has 0 saturated heterocycles. The summed E-state index contributed by atoms with van der Waals surface area (Å²) in [6, 6.07) is 8.15. The van der Waals surface area contributed by atoms with Crippen LogP contribution in [0.4, 0.5) is 0 Å². The van der Waals surface area contributed by atoms with Gasteiger partial charge in [-0.2, -0.15) is 0 Å². The largest absolute Gasteiger partial charge is 0.493 e. The predicted octanol–water partition coefficient (Wildman–Crippen LogP) is 2.52. The molecule has 1 aliphatic carbocycles. The van der Waals surface area contributed by atoms with Crippen LogP contribution in [0.1, 0.15) is 38.7 Å². The molecule has 5 heteroatoms. The van der Waals surface area contributed by atoms with Crippen LogP contribution in [0.5, 0.6) is 5.75 Å². The third-order valence-electron chi connectivity index (χ3n) is 3.64. The molecule has 0 spiro atoms. The Balaban J connectivity index is 1.77. The fraction of sp³-hybridized carbons (Fsp3) is 0.600. The van der Waals surface area contributed by atoms with Crippen LogP contribution in [0.15, 0.2) is 24.3 Å². The molecule has 0 bridgehead atoms. The number of hydrogen-bond acceptors (Lipinski definition) is 3. The monoisotopic (exact) mass is 297 g/mol. The highest BCUT2D eigenvalue weighted by molar-refractivity contribution is 7.89. The second kappa shape index (κ2) is 6.14. The van der Waals surface area contributed by atoms with E-state index in [9.17, 15) is 8.42 Å². The van der Waals surface area contributed by atoms with Crippen molar-refractivity contribution in [3.63, 3.8) is 0 Å². The quantitative estimate of drug-likeness (QED) is 0.841. The van der Waals surface area contributed by atoms with E-state index in [1.807, 2.05) is 12.1 Å². The third-order valence-corrected chi connectivity index (χ3v) is 5.07. The highest BCUT2D eigenvalue weighted by atomic mass is 32.2. The Hall–Kier alpha value is -1.07. The number of nitrogens with one attached hydrogen (secondary N) is 1. The van der Waals surface area contributed by atoms with E-state index in [0.29, 0.717) is 18.4 Å². The number of rotatable bonds is 7. The van der Waals surface area contributed by atoms with Crippen LogP contribution in [0, 0.1) is 5.92 Å². The van der Waals surface area contributed by atoms with Crippen molar-refractivity contribution in [2.45, 2.75) is 39.2 Å². The number of ether oxygens (including phenoxy) is 1. The summed E-state index contributed by atoms with van der Waals surface area (Å²) in [4.78, 5) is 0. The standard InChI is InChI=1S/C15H23NO3S/c1-4-20(17,18)16-15-9-13(15)10-19-14-7-5-12(6-8-14)11(2)3/h5-8,11,13,15-16H,4,9-10H2,1-3H3/t13-,15+/m0/s1. The summed E-state index contributed by atoms with van der Waals surface area (Å²) in [6.07, 6.45) is 0.864. The predicted molar refractivity (Wildman–Crippen MR) is 80.5 cm³/mol. The fourth-order valence-electron chi connectivity index (χ4n) is 2.04. The van der Waals surface area contributed by atoms with Crippen molar-refractivity contribution in [2.24, 2.45) is 5.92 Å². The molecule has 0 radical (unpaired) electrons. The van der Waals surface area contributed by atoms with Crippen LogP contribution >= 0.6 is 0 Å². The molecule has 0 unspecified atom stereocenters. The smallest absolute Gasteiger partial charge is 0.211 e. The van der Waals surface area contributed by atoms with E-state index in [1.165, 1.54) is 5.56 Å². The number of hydrogen-bond donors (Lipinski definition) is 1. The van der Waals surface area contributed by atoms with Gasteiger partial charge in [-0.05, 0) is 37.0 Å². The average Bonchev–Trinajstić information content (AvgIpc) is 3.14. The minimum Gasteiger partial charge on any atom is -0.493 e. The molecule has 1 N–H and O–H groups in total.